The number of carbonyl (C=O) groups excluding carboxylic acids is 2. The Morgan fingerprint density at radius 1 is 0.977 bits per heavy atom. The van der Waals surface area contributed by atoms with Gasteiger partial charge in [-0.1, -0.05) is 51.1 Å². The van der Waals surface area contributed by atoms with Gasteiger partial charge in [0.05, 0.1) is 29.5 Å². The Bertz CT molecular complexity index is 1770. The highest BCUT2D eigenvalue weighted by Crippen LogP contribution is 2.30. The normalized spacial score (nSPS) is 14.5. The molecule has 11 heteroatoms. The monoisotopic (exact) mass is 604 g/mol. The van der Waals surface area contributed by atoms with Crippen LogP contribution in [0.25, 0.3) is 16.5 Å². The minimum Gasteiger partial charge on any atom is -0.492 e. The van der Waals surface area contributed by atoms with E-state index in [2.05, 4.69) is 15.3 Å². The number of Topliss-reactive ketones (excluding diaryl/α,β-unsaturated/α-hetero) is 1. The van der Waals surface area contributed by atoms with Gasteiger partial charge in [-0.2, -0.15) is 5.10 Å². The first-order valence-electron chi connectivity index (χ1n) is 14.1. The third-order valence-electron chi connectivity index (χ3n) is 7.31. The molecule has 1 aliphatic rings. The lowest BCUT2D eigenvalue weighted by Crippen LogP contribution is -2.38. The second kappa shape index (κ2) is 12.3. The number of aromatic nitrogens is 2. The van der Waals surface area contributed by atoms with Crippen LogP contribution in [0.5, 0.6) is 5.75 Å². The Morgan fingerprint density at radius 3 is 2.40 bits per heavy atom. The Kier molecular flexibility index (Phi) is 8.68. The molecule has 1 fully saturated rings. The first-order chi connectivity index (χ1) is 20.4. The molecule has 1 N–H and O–H groups in total. The van der Waals surface area contributed by atoms with Gasteiger partial charge in [0.1, 0.15) is 18.2 Å². The van der Waals surface area contributed by atoms with Crippen LogP contribution < -0.4 is 10.1 Å². The van der Waals surface area contributed by atoms with Gasteiger partial charge in [-0.25, -0.2) is 13.1 Å². The minimum absolute atomic E-state index is 0.116. The SMILES string of the molecule is CC(C)(C)c1cc(NC(=O)C(=O)c2ccc(OCCN3CCOCC3)c3ccccc23)n(-c2cccc(S(C)(=O)=O)c2)n1. The number of rotatable bonds is 9. The van der Waals surface area contributed by atoms with Crippen LogP contribution in [0.1, 0.15) is 36.8 Å². The maximum absolute atomic E-state index is 13.6. The Balaban J connectivity index is 1.41. The summed E-state index contributed by atoms with van der Waals surface area (Å²) in [4.78, 5) is 29.4. The van der Waals surface area contributed by atoms with E-state index < -0.39 is 21.5 Å². The van der Waals surface area contributed by atoms with Crippen molar-refractivity contribution in [3.8, 4) is 11.4 Å². The van der Waals surface area contributed by atoms with Crippen LogP contribution in [0.4, 0.5) is 5.82 Å². The maximum atomic E-state index is 13.6. The van der Waals surface area contributed by atoms with Gasteiger partial charge in [-0.15, -0.1) is 0 Å². The molecule has 4 aromatic rings. The third-order valence-corrected chi connectivity index (χ3v) is 8.42. The quantitative estimate of drug-likeness (QED) is 0.222. The van der Waals surface area contributed by atoms with Gasteiger partial charge in [-0.3, -0.25) is 14.5 Å². The van der Waals surface area contributed by atoms with Crippen molar-refractivity contribution in [3.05, 3.63) is 78.0 Å². The smallest absolute Gasteiger partial charge is 0.297 e. The summed E-state index contributed by atoms with van der Waals surface area (Å²) in [5, 5.41) is 8.72. The van der Waals surface area contributed by atoms with E-state index >= 15 is 0 Å². The fourth-order valence-electron chi connectivity index (χ4n) is 4.88. The molecule has 3 aromatic carbocycles. The number of ether oxygens (including phenoxy) is 2. The van der Waals surface area contributed by atoms with E-state index in [1.165, 1.54) is 16.8 Å². The summed E-state index contributed by atoms with van der Waals surface area (Å²) >= 11 is 0. The van der Waals surface area contributed by atoms with E-state index in [1.807, 2.05) is 39.0 Å². The summed E-state index contributed by atoms with van der Waals surface area (Å²) in [5.74, 6) is -0.668. The molecule has 1 aromatic heterocycles. The summed E-state index contributed by atoms with van der Waals surface area (Å²) in [6.45, 7) is 10.3. The lowest BCUT2D eigenvalue weighted by atomic mass is 9.92. The van der Waals surface area contributed by atoms with E-state index in [9.17, 15) is 18.0 Å². The molecule has 0 unspecified atom stereocenters. The molecule has 226 valence electrons. The summed E-state index contributed by atoms with van der Waals surface area (Å²) in [6.07, 6.45) is 1.13. The first kappa shape index (κ1) is 30.4. The second-order valence-corrected chi connectivity index (χ2v) is 13.6. The number of nitrogens with zero attached hydrogens (tertiary/aromatic N) is 3. The summed E-state index contributed by atoms with van der Waals surface area (Å²) in [7, 11) is -3.48. The standard InChI is InChI=1S/C32H36N4O6S/c1-32(2,3)28-21-29(36(34-28)22-8-7-9-23(20-22)43(4,39)40)33-31(38)30(37)26-12-13-27(25-11-6-5-10-24(25)26)42-19-16-35-14-17-41-18-15-35/h5-13,20-21H,14-19H2,1-4H3,(H,33,38). The molecule has 10 nitrogen and oxygen atoms in total. The van der Waals surface area contributed by atoms with Gasteiger partial charge in [-0.05, 0) is 35.7 Å². The number of sulfone groups is 1. The van der Waals surface area contributed by atoms with Crippen molar-refractivity contribution in [1.29, 1.82) is 0 Å². The summed E-state index contributed by atoms with van der Waals surface area (Å²) in [6, 6.07) is 18.7. The molecular formula is C32H36N4O6S. The Morgan fingerprint density at radius 2 is 1.70 bits per heavy atom. The average Bonchev–Trinajstić information content (AvgIpc) is 3.41. The molecule has 43 heavy (non-hydrogen) atoms. The molecule has 0 aliphatic carbocycles. The maximum Gasteiger partial charge on any atom is 0.297 e. The van der Waals surface area contributed by atoms with E-state index in [-0.39, 0.29) is 21.7 Å². The van der Waals surface area contributed by atoms with E-state index in [4.69, 9.17) is 9.47 Å². The number of fused-ring (bicyclic) bond motifs is 1. The fraction of sp³-hybridized carbons (Fsp3) is 0.344. The average molecular weight is 605 g/mol. The largest absolute Gasteiger partial charge is 0.492 e. The molecule has 0 saturated carbocycles. The molecule has 1 aliphatic heterocycles. The van der Waals surface area contributed by atoms with Gasteiger partial charge < -0.3 is 14.8 Å². The van der Waals surface area contributed by atoms with Gasteiger partial charge in [0.15, 0.2) is 9.84 Å². The fourth-order valence-corrected chi connectivity index (χ4v) is 5.54. The first-order valence-corrected chi connectivity index (χ1v) is 16.0. The van der Waals surface area contributed by atoms with Gasteiger partial charge in [0.25, 0.3) is 11.7 Å². The highest BCUT2D eigenvalue weighted by atomic mass is 32.2. The van der Waals surface area contributed by atoms with Crippen molar-refractivity contribution in [3.63, 3.8) is 0 Å². The number of morpholine rings is 1. The number of anilines is 1. The van der Waals surface area contributed by atoms with Gasteiger partial charge >= 0.3 is 0 Å². The number of ketones is 1. The van der Waals surface area contributed by atoms with Crippen molar-refractivity contribution in [2.45, 2.75) is 31.1 Å². The van der Waals surface area contributed by atoms with Crippen LogP contribution in [0.2, 0.25) is 0 Å². The zero-order valence-electron chi connectivity index (χ0n) is 24.8. The highest BCUT2D eigenvalue weighted by Gasteiger charge is 2.25. The van der Waals surface area contributed by atoms with Gasteiger partial charge in [0, 0.05) is 48.3 Å². The van der Waals surface area contributed by atoms with Crippen LogP contribution in [0.3, 0.4) is 0 Å². The molecule has 0 spiro atoms. The zero-order chi connectivity index (χ0) is 30.8. The third kappa shape index (κ3) is 6.96. The molecule has 0 atom stereocenters. The van der Waals surface area contributed by atoms with Crippen molar-refractivity contribution in [2.24, 2.45) is 0 Å². The molecular weight excluding hydrogens is 568 g/mol. The highest BCUT2D eigenvalue weighted by molar-refractivity contribution is 7.90. The minimum atomic E-state index is -3.48. The topological polar surface area (TPSA) is 120 Å². The number of carbonyl (C=O) groups is 2. The molecule has 1 amide bonds. The number of nitrogens with one attached hydrogen (secondary N) is 1. The van der Waals surface area contributed by atoms with Gasteiger partial charge in [0.2, 0.25) is 0 Å². The van der Waals surface area contributed by atoms with Crippen LogP contribution in [-0.4, -0.2) is 80.5 Å². The zero-order valence-corrected chi connectivity index (χ0v) is 25.6. The van der Waals surface area contributed by atoms with E-state index in [1.54, 1.807) is 36.4 Å². The van der Waals surface area contributed by atoms with Crippen molar-refractivity contribution >= 4 is 38.1 Å². The number of hydrogen-bond acceptors (Lipinski definition) is 8. The number of amides is 1. The molecule has 2 heterocycles. The molecule has 0 radical (unpaired) electrons. The van der Waals surface area contributed by atoms with E-state index in [0.29, 0.717) is 42.3 Å². The van der Waals surface area contributed by atoms with E-state index in [0.717, 1.165) is 31.3 Å². The van der Waals surface area contributed by atoms with Crippen LogP contribution >= 0.6 is 0 Å². The van der Waals surface area contributed by atoms with Crippen LogP contribution in [0, 0.1) is 0 Å². The van der Waals surface area contributed by atoms with Crippen molar-refractivity contribution in [2.75, 3.05) is 51.0 Å². The Labute approximate surface area is 251 Å². The van der Waals surface area contributed by atoms with Crippen molar-refractivity contribution in [1.82, 2.24) is 14.7 Å². The Hall–Kier alpha value is -4.06. The molecule has 1 saturated heterocycles. The van der Waals surface area contributed by atoms with Crippen LogP contribution in [-0.2, 0) is 24.8 Å². The summed E-state index contributed by atoms with van der Waals surface area (Å²) in [5.41, 5.74) is 0.959. The molecule has 0 bridgehead atoms. The van der Waals surface area contributed by atoms with Crippen molar-refractivity contribution < 1.29 is 27.5 Å². The number of benzene rings is 3. The molecule has 5 rings (SSSR count). The predicted octanol–water partition coefficient (Wildman–Crippen LogP) is 4.26. The second-order valence-electron chi connectivity index (χ2n) is 11.6. The lowest BCUT2D eigenvalue weighted by Gasteiger charge is -2.26. The van der Waals surface area contributed by atoms with Crippen LogP contribution in [0.15, 0.2) is 71.6 Å². The lowest BCUT2D eigenvalue weighted by molar-refractivity contribution is -0.112. The number of hydrogen-bond donors (Lipinski definition) is 1. The summed E-state index contributed by atoms with van der Waals surface area (Å²) < 4.78 is 37.3. The predicted molar refractivity (Wildman–Crippen MR) is 165 cm³/mol.